The van der Waals surface area contributed by atoms with E-state index < -0.39 is 0 Å². The van der Waals surface area contributed by atoms with Gasteiger partial charge in [0, 0.05) is 36.1 Å². The zero-order valence-electron chi connectivity index (χ0n) is 22.0. The fourth-order valence-corrected chi connectivity index (χ4v) is 4.33. The molecule has 0 saturated carbocycles. The Labute approximate surface area is 218 Å². The van der Waals surface area contributed by atoms with Crippen LogP contribution in [-0.2, 0) is 33.8 Å². The molecule has 0 bridgehead atoms. The van der Waals surface area contributed by atoms with E-state index in [9.17, 15) is 4.79 Å². The molecule has 3 aromatic carbocycles. The van der Waals surface area contributed by atoms with Crippen LogP contribution >= 0.6 is 0 Å². The third-order valence-electron chi connectivity index (χ3n) is 6.17. The monoisotopic (exact) mass is 501 g/mol. The number of carbonyl (C=O) groups excluding carboxylic acids is 1. The number of para-hydroxylation sites is 1. The highest BCUT2D eigenvalue weighted by Gasteiger charge is 2.16. The van der Waals surface area contributed by atoms with Crippen LogP contribution in [-0.4, -0.2) is 25.8 Å². The molecule has 0 aliphatic carbocycles. The Bertz CT molecular complexity index is 1360. The van der Waals surface area contributed by atoms with Crippen LogP contribution in [0.4, 0.5) is 0 Å². The molecule has 1 heterocycles. The number of nitrogens with two attached hydrogens (primary N) is 1. The van der Waals surface area contributed by atoms with Crippen molar-refractivity contribution in [1.29, 1.82) is 0 Å². The summed E-state index contributed by atoms with van der Waals surface area (Å²) in [5.41, 5.74) is 11.6. The Morgan fingerprint density at radius 1 is 0.973 bits per heavy atom. The van der Waals surface area contributed by atoms with Crippen molar-refractivity contribution in [1.82, 2.24) is 0 Å². The summed E-state index contributed by atoms with van der Waals surface area (Å²) in [6, 6.07) is 22.1. The van der Waals surface area contributed by atoms with Gasteiger partial charge in [-0.1, -0.05) is 50.2 Å². The fraction of sp³-hybridized carbons (Fsp3) is 0.323. The summed E-state index contributed by atoms with van der Waals surface area (Å²) >= 11 is 0. The topological polar surface area (TPSA) is 83.9 Å². The van der Waals surface area contributed by atoms with E-state index >= 15 is 0 Å². The Hall–Kier alpha value is -3.61. The van der Waals surface area contributed by atoms with E-state index in [4.69, 9.17) is 24.4 Å². The normalized spacial score (nSPS) is 12.2. The number of furan rings is 1. The van der Waals surface area contributed by atoms with Gasteiger partial charge in [-0.3, -0.25) is 4.79 Å². The summed E-state index contributed by atoms with van der Waals surface area (Å²) in [6.45, 7) is 7.21. The van der Waals surface area contributed by atoms with Gasteiger partial charge in [0.15, 0.2) is 0 Å². The van der Waals surface area contributed by atoms with Gasteiger partial charge < -0.3 is 24.4 Å². The highest BCUT2D eigenvalue weighted by Crippen LogP contribution is 2.35. The van der Waals surface area contributed by atoms with E-state index in [1.807, 2.05) is 36.4 Å². The molecule has 0 radical (unpaired) electrons. The lowest BCUT2D eigenvalue weighted by Gasteiger charge is -2.15. The maximum atomic E-state index is 12.4. The SMILES string of the molecule is COCC(C)OC(=O)Cc1ccccc1OCc1cc(-c2cccc(CN)c2)c2oc(C(C)C)cc2c1. The van der Waals surface area contributed by atoms with Crippen LogP contribution in [0.15, 0.2) is 71.1 Å². The van der Waals surface area contributed by atoms with Crippen molar-refractivity contribution in [3.63, 3.8) is 0 Å². The molecule has 194 valence electrons. The molecule has 1 aromatic heterocycles. The Balaban J connectivity index is 1.61. The first-order chi connectivity index (χ1) is 17.9. The second-order valence-electron chi connectivity index (χ2n) is 9.60. The molecule has 2 N–H and O–H groups in total. The highest BCUT2D eigenvalue weighted by molar-refractivity contribution is 5.93. The van der Waals surface area contributed by atoms with Crippen molar-refractivity contribution in [3.8, 4) is 16.9 Å². The average molecular weight is 502 g/mol. The van der Waals surface area contributed by atoms with Crippen LogP contribution in [0.25, 0.3) is 22.1 Å². The molecular formula is C31H35NO5. The van der Waals surface area contributed by atoms with Gasteiger partial charge in [-0.2, -0.15) is 0 Å². The number of hydrogen-bond acceptors (Lipinski definition) is 6. The van der Waals surface area contributed by atoms with Gasteiger partial charge in [0.1, 0.15) is 29.8 Å². The molecule has 4 rings (SSSR count). The molecule has 6 heteroatoms. The average Bonchev–Trinajstić information content (AvgIpc) is 3.32. The van der Waals surface area contributed by atoms with E-state index in [0.717, 1.165) is 44.5 Å². The Kier molecular flexibility index (Phi) is 8.64. The maximum Gasteiger partial charge on any atom is 0.310 e. The molecule has 0 amide bonds. The maximum absolute atomic E-state index is 12.4. The van der Waals surface area contributed by atoms with Crippen molar-refractivity contribution in [3.05, 3.63) is 89.2 Å². The Morgan fingerprint density at radius 3 is 2.54 bits per heavy atom. The quantitative estimate of drug-likeness (QED) is 0.240. The zero-order chi connectivity index (χ0) is 26.4. The molecule has 1 atom stereocenters. The summed E-state index contributed by atoms with van der Waals surface area (Å²) in [5, 5.41) is 1.03. The van der Waals surface area contributed by atoms with Crippen LogP contribution in [0.3, 0.4) is 0 Å². The number of ether oxygens (including phenoxy) is 3. The van der Waals surface area contributed by atoms with Crippen molar-refractivity contribution in [2.24, 2.45) is 5.73 Å². The number of esters is 1. The minimum atomic E-state index is -0.316. The third kappa shape index (κ3) is 6.59. The lowest BCUT2D eigenvalue weighted by molar-refractivity contribution is -0.149. The van der Waals surface area contributed by atoms with Gasteiger partial charge in [0.25, 0.3) is 0 Å². The predicted octanol–water partition coefficient (Wildman–Crippen LogP) is 6.38. The molecule has 0 aliphatic rings. The molecule has 0 fully saturated rings. The van der Waals surface area contributed by atoms with Gasteiger partial charge in [0.05, 0.1) is 13.0 Å². The van der Waals surface area contributed by atoms with Gasteiger partial charge in [-0.15, -0.1) is 0 Å². The van der Waals surface area contributed by atoms with Crippen LogP contribution < -0.4 is 10.5 Å². The van der Waals surface area contributed by atoms with E-state index in [2.05, 4.69) is 44.2 Å². The number of benzene rings is 3. The lowest BCUT2D eigenvalue weighted by atomic mass is 9.98. The van der Waals surface area contributed by atoms with E-state index in [1.165, 1.54) is 0 Å². The molecule has 6 nitrogen and oxygen atoms in total. The van der Waals surface area contributed by atoms with Crippen molar-refractivity contribution in [2.75, 3.05) is 13.7 Å². The van der Waals surface area contributed by atoms with Gasteiger partial charge in [-0.05, 0) is 53.9 Å². The summed E-state index contributed by atoms with van der Waals surface area (Å²) in [5.74, 6) is 1.55. The molecule has 0 aliphatic heterocycles. The van der Waals surface area contributed by atoms with Crippen molar-refractivity contribution < 1.29 is 23.4 Å². The number of carbonyl (C=O) groups is 1. The van der Waals surface area contributed by atoms with E-state index in [-0.39, 0.29) is 24.4 Å². The van der Waals surface area contributed by atoms with Crippen LogP contribution in [0, 0.1) is 0 Å². The molecule has 0 spiro atoms. The van der Waals surface area contributed by atoms with Crippen LogP contribution in [0.1, 0.15) is 49.1 Å². The first-order valence-electron chi connectivity index (χ1n) is 12.6. The Morgan fingerprint density at radius 2 is 1.78 bits per heavy atom. The van der Waals surface area contributed by atoms with Gasteiger partial charge in [0.2, 0.25) is 0 Å². The summed E-state index contributed by atoms with van der Waals surface area (Å²) in [7, 11) is 1.58. The fourth-order valence-electron chi connectivity index (χ4n) is 4.33. The number of rotatable bonds is 11. The first-order valence-corrected chi connectivity index (χ1v) is 12.6. The lowest BCUT2D eigenvalue weighted by Crippen LogP contribution is -2.21. The van der Waals surface area contributed by atoms with E-state index in [0.29, 0.717) is 25.5 Å². The smallest absolute Gasteiger partial charge is 0.310 e. The number of fused-ring (bicyclic) bond motifs is 1. The molecular weight excluding hydrogens is 466 g/mol. The second-order valence-corrected chi connectivity index (χ2v) is 9.60. The number of hydrogen-bond donors (Lipinski definition) is 1. The molecule has 37 heavy (non-hydrogen) atoms. The second kappa shape index (κ2) is 12.1. The summed E-state index contributed by atoms with van der Waals surface area (Å²) in [4.78, 5) is 12.4. The largest absolute Gasteiger partial charge is 0.489 e. The summed E-state index contributed by atoms with van der Waals surface area (Å²) in [6.07, 6.45) is -0.181. The van der Waals surface area contributed by atoms with Crippen LogP contribution in [0.5, 0.6) is 5.75 Å². The highest BCUT2D eigenvalue weighted by atomic mass is 16.6. The van der Waals surface area contributed by atoms with Crippen molar-refractivity contribution in [2.45, 2.75) is 52.4 Å². The summed E-state index contributed by atoms with van der Waals surface area (Å²) < 4.78 is 23.0. The zero-order valence-corrected chi connectivity index (χ0v) is 22.0. The number of methoxy groups -OCH3 is 1. The van der Waals surface area contributed by atoms with E-state index in [1.54, 1.807) is 14.0 Å². The molecule has 1 unspecified atom stereocenters. The molecule has 4 aromatic rings. The standard InChI is InChI=1S/C31H35NO5/c1-20(2)29-15-26-13-23(14-27(31(26)37-29)24-10-7-8-22(12-24)17-32)19-35-28-11-6-5-9-25(28)16-30(33)36-21(3)18-34-4/h5-15,20-21H,16-19,32H2,1-4H3. The predicted molar refractivity (Wildman–Crippen MR) is 146 cm³/mol. The third-order valence-corrected chi connectivity index (χ3v) is 6.17. The van der Waals surface area contributed by atoms with Crippen molar-refractivity contribution >= 4 is 16.9 Å². The van der Waals surface area contributed by atoms with Crippen LogP contribution in [0.2, 0.25) is 0 Å². The minimum absolute atomic E-state index is 0.125. The molecule has 0 saturated heterocycles. The van der Waals surface area contributed by atoms with Gasteiger partial charge in [-0.25, -0.2) is 0 Å². The van der Waals surface area contributed by atoms with Gasteiger partial charge >= 0.3 is 5.97 Å². The minimum Gasteiger partial charge on any atom is -0.489 e. The first kappa shape index (κ1) is 26.5.